The van der Waals surface area contributed by atoms with Crippen LogP contribution in [0.2, 0.25) is 0 Å². The maximum atomic E-state index is 12.1. The molecule has 2 aromatic carbocycles. The molecule has 5 nitrogen and oxygen atoms in total. The molecule has 0 aliphatic rings. The van der Waals surface area contributed by atoms with Gasteiger partial charge in [0.15, 0.2) is 0 Å². The molecule has 1 atom stereocenters. The Balaban J connectivity index is 2.01. The van der Waals surface area contributed by atoms with Gasteiger partial charge in [-0.1, -0.05) is 30.3 Å². The number of anilines is 2. The summed E-state index contributed by atoms with van der Waals surface area (Å²) in [6, 6.07) is 15.3. The lowest BCUT2D eigenvalue weighted by atomic mass is 10.1. The zero-order valence-corrected chi connectivity index (χ0v) is 11.7. The molecule has 2 amide bonds. The summed E-state index contributed by atoms with van der Waals surface area (Å²) in [7, 11) is 0. The minimum atomic E-state index is -0.721. The van der Waals surface area contributed by atoms with Crippen molar-refractivity contribution < 1.29 is 9.59 Å². The quantitative estimate of drug-likeness (QED) is 0.805. The molecule has 0 heterocycles. The van der Waals surface area contributed by atoms with E-state index in [1.165, 1.54) is 6.92 Å². The van der Waals surface area contributed by atoms with Crippen LogP contribution in [0.1, 0.15) is 18.5 Å². The second kappa shape index (κ2) is 6.67. The monoisotopic (exact) mass is 283 g/mol. The maximum absolute atomic E-state index is 12.1. The lowest BCUT2D eigenvalue weighted by Crippen LogP contribution is -2.27. The van der Waals surface area contributed by atoms with Gasteiger partial charge in [0, 0.05) is 18.3 Å². The number of benzene rings is 2. The Morgan fingerprint density at radius 3 is 1.95 bits per heavy atom. The zero-order chi connectivity index (χ0) is 15.2. The Hall–Kier alpha value is -2.66. The molecule has 0 saturated heterocycles. The van der Waals surface area contributed by atoms with Gasteiger partial charge in [0.25, 0.3) is 0 Å². The number of nitrogens with one attached hydrogen (secondary N) is 2. The minimum absolute atomic E-state index is 0.141. The highest BCUT2D eigenvalue weighted by Gasteiger charge is 2.15. The van der Waals surface area contributed by atoms with Crippen molar-refractivity contribution in [3.63, 3.8) is 0 Å². The van der Waals surface area contributed by atoms with E-state index >= 15 is 0 Å². The van der Waals surface area contributed by atoms with Crippen LogP contribution in [0.5, 0.6) is 0 Å². The number of rotatable bonds is 4. The van der Waals surface area contributed by atoms with E-state index < -0.39 is 6.04 Å². The number of hydrogen-bond acceptors (Lipinski definition) is 3. The fourth-order valence-corrected chi connectivity index (χ4v) is 1.87. The smallest absolute Gasteiger partial charge is 0.245 e. The van der Waals surface area contributed by atoms with Crippen molar-refractivity contribution in [1.29, 1.82) is 0 Å². The lowest BCUT2D eigenvalue weighted by molar-refractivity contribution is -0.117. The zero-order valence-electron chi connectivity index (χ0n) is 11.7. The highest BCUT2D eigenvalue weighted by Crippen LogP contribution is 2.16. The number of carbonyl (C=O) groups excluding carboxylic acids is 2. The number of hydrogen-bond donors (Lipinski definition) is 3. The first-order valence-electron chi connectivity index (χ1n) is 6.55. The summed E-state index contributed by atoms with van der Waals surface area (Å²) in [4.78, 5) is 23.0. The molecule has 0 radical (unpaired) electrons. The molecule has 0 bridgehead atoms. The third-order valence-corrected chi connectivity index (χ3v) is 2.91. The average Bonchev–Trinajstić information content (AvgIpc) is 2.49. The average molecular weight is 283 g/mol. The van der Waals surface area contributed by atoms with Gasteiger partial charge < -0.3 is 16.4 Å². The summed E-state index contributed by atoms with van der Waals surface area (Å²) in [5.74, 6) is -0.425. The van der Waals surface area contributed by atoms with E-state index in [2.05, 4.69) is 10.6 Å². The van der Waals surface area contributed by atoms with Crippen molar-refractivity contribution in [3.05, 3.63) is 60.2 Å². The van der Waals surface area contributed by atoms with Crippen molar-refractivity contribution in [1.82, 2.24) is 0 Å². The first kappa shape index (κ1) is 14.7. The highest BCUT2D eigenvalue weighted by atomic mass is 16.2. The van der Waals surface area contributed by atoms with Crippen molar-refractivity contribution in [3.8, 4) is 0 Å². The fraction of sp³-hybridized carbons (Fsp3) is 0.125. The van der Waals surface area contributed by atoms with E-state index in [9.17, 15) is 9.59 Å². The fourth-order valence-electron chi connectivity index (χ4n) is 1.87. The third-order valence-electron chi connectivity index (χ3n) is 2.91. The van der Waals surface area contributed by atoms with Crippen molar-refractivity contribution >= 4 is 23.2 Å². The number of carbonyl (C=O) groups is 2. The Kier molecular flexibility index (Phi) is 4.68. The topological polar surface area (TPSA) is 84.2 Å². The highest BCUT2D eigenvalue weighted by molar-refractivity contribution is 5.96. The van der Waals surface area contributed by atoms with Gasteiger partial charge in [-0.2, -0.15) is 0 Å². The van der Waals surface area contributed by atoms with E-state index in [0.29, 0.717) is 11.4 Å². The summed E-state index contributed by atoms with van der Waals surface area (Å²) in [6.45, 7) is 1.44. The van der Waals surface area contributed by atoms with Gasteiger partial charge in [-0.3, -0.25) is 9.59 Å². The van der Waals surface area contributed by atoms with Crippen LogP contribution in [-0.2, 0) is 9.59 Å². The Morgan fingerprint density at radius 2 is 1.43 bits per heavy atom. The molecule has 108 valence electrons. The van der Waals surface area contributed by atoms with Crippen LogP contribution in [0.3, 0.4) is 0 Å². The summed E-state index contributed by atoms with van der Waals surface area (Å²) < 4.78 is 0. The normalized spacial score (nSPS) is 11.5. The third kappa shape index (κ3) is 4.15. The SMILES string of the molecule is CC(=O)Nc1ccc(NC(=O)[C@@H](N)c2ccccc2)cc1. The molecule has 2 aromatic rings. The Labute approximate surface area is 123 Å². The summed E-state index contributed by atoms with van der Waals surface area (Å²) in [6.07, 6.45) is 0. The van der Waals surface area contributed by atoms with E-state index in [1.807, 2.05) is 30.3 Å². The van der Waals surface area contributed by atoms with E-state index in [1.54, 1.807) is 24.3 Å². The van der Waals surface area contributed by atoms with Gasteiger partial charge in [-0.05, 0) is 29.8 Å². The molecule has 0 aliphatic heterocycles. The van der Waals surface area contributed by atoms with Crippen LogP contribution in [0.25, 0.3) is 0 Å². The molecule has 5 heteroatoms. The molecule has 0 saturated carbocycles. The molecule has 0 spiro atoms. The first-order valence-corrected chi connectivity index (χ1v) is 6.55. The molecule has 0 unspecified atom stereocenters. The Morgan fingerprint density at radius 1 is 0.905 bits per heavy atom. The van der Waals surface area contributed by atoms with E-state index in [-0.39, 0.29) is 11.8 Å². The van der Waals surface area contributed by atoms with Gasteiger partial charge in [0.05, 0.1) is 0 Å². The second-order valence-corrected chi connectivity index (χ2v) is 4.64. The summed E-state index contributed by atoms with van der Waals surface area (Å²) >= 11 is 0. The molecular weight excluding hydrogens is 266 g/mol. The number of nitrogens with two attached hydrogens (primary N) is 1. The predicted molar refractivity (Wildman–Crippen MR) is 82.7 cm³/mol. The van der Waals surface area contributed by atoms with E-state index in [0.717, 1.165) is 5.56 Å². The molecule has 0 aromatic heterocycles. The Bertz CT molecular complexity index is 624. The van der Waals surface area contributed by atoms with E-state index in [4.69, 9.17) is 5.73 Å². The van der Waals surface area contributed by atoms with Gasteiger partial charge in [0.1, 0.15) is 6.04 Å². The minimum Gasteiger partial charge on any atom is -0.326 e. The van der Waals surface area contributed by atoms with Crippen molar-refractivity contribution in [2.45, 2.75) is 13.0 Å². The number of amides is 2. The standard InChI is InChI=1S/C16H17N3O2/c1-11(20)18-13-7-9-14(10-8-13)19-16(21)15(17)12-5-3-2-4-6-12/h2-10,15H,17H2,1H3,(H,18,20)(H,19,21)/t15-/m0/s1. The van der Waals surface area contributed by atoms with Crippen molar-refractivity contribution in [2.24, 2.45) is 5.73 Å². The lowest BCUT2D eigenvalue weighted by Gasteiger charge is -2.13. The van der Waals surface area contributed by atoms with Crippen LogP contribution in [0.4, 0.5) is 11.4 Å². The van der Waals surface area contributed by atoms with Gasteiger partial charge in [0.2, 0.25) is 11.8 Å². The first-order chi connectivity index (χ1) is 10.1. The second-order valence-electron chi connectivity index (χ2n) is 4.64. The van der Waals surface area contributed by atoms with Crippen LogP contribution < -0.4 is 16.4 Å². The van der Waals surface area contributed by atoms with Crippen LogP contribution >= 0.6 is 0 Å². The van der Waals surface area contributed by atoms with Gasteiger partial charge in [-0.25, -0.2) is 0 Å². The molecule has 0 fully saturated rings. The van der Waals surface area contributed by atoms with Crippen LogP contribution in [-0.4, -0.2) is 11.8 Å². The molecule has 0 aliphatic carbocycles. The van der Waals surface area contributed by atoms with Crippen molar-refractivity contribution in [2.75, 3.05) is 10.6 Å². The van der Waals surface area contributed by atoms with Crippen LogP contribution in [0, 0.1) is 0 Å². The van der Waals surface area contributed by atoms with Crippen LogP contribution in [0.15, 0.2) is 54.6 Å². The largest absolute Gasteiger partial charge is 0.326 e. The van der Waals surface area contributed by atoms with Gasteiger partial charge in [-0.15, -0.1) is 0 Å². The molecule has 21 heavy (non-hydrogen) atoms. The predicted octanol–water partition coefficient (Wildman–Crippen LogP) is 2.28. The molecule has 4 N–H and O–H groups in total. The summed E-state index contributed by atoms with van der Waals surface area (Å²) in [5, 5.41) is 5.40. The molecular formula is C16H17N3O2. The summed E-state index contributed by atoms with van der Waals surface area (Å²) in [5.41, 5.74) is 7.97. The maximum Gasteiger partial charge on any atom is 0.245 e. The van der Waals surface area contributed by atoms with Gasteiger partial charge >= 0.3 is 0 Å². The molecule has 2 rings (SSSR count).